The average molecular weight is 1080 g/mol. The van der Waals surface area contributed by atoms with E-state index in [2.05, 4.69) is 43.5 Å². The van der Waals surface area contributed by atoms with E-state index in [0.29, 0.717) is 25.9 Å². The maximum absolute atomic E-state index is 12.5. The van der Waals surface area contributed by atoms with Gasteiger partial charge in [0, 0.05) is 12.8 Å². The van der Waals surface area contributed by atoms with Crippen molar-refractivity contribution in [2.75, 3.05) is 13.2 Å². The summed E-state index contributed by atoms with van der Waals surface area (Å²) in [5, 5.41) is 23.4. The Morgan fingerprint density at radius 2 is 0.610 bits per heavy atom. The molecule has 0 saturated carbocycles. The minimum absolute atomic E-state index is 0.00545. The second-order valence-electron chi connectivity index (χ2n) is 24.2. The topological polar surface area (TPSA) is 95.9 Å². The largest absolute Gasteiger partial charge is 0.466 e. The van der Waals surface area contributed by atoms with Crippen molar-refractivity contribution < 1.29 is 24.5 Å². The minimum Gasteiger partial charge on any atom is -0.466 e. The number of allylic oxidation sites excluding steroid dienone is 4. The van der Waals surface area contributed by atoms with Crippen LogP contribution in [-0.2, 0) is 14.3 Å². The van der Waals surface area contributed by atoms with Gasteiger partial charge in [-0.15, -0.1) is 0 Å². The summed E-state index contributed by atoms with van der Waals surface area (Å²) in [5.74, 6) is -0.0299. The van der Waals surface area contributed by atoms with Gasteiger partial charge in [-0.05, 0) is 77.0 Å². The highest BCUT2D eigenvalue weighted by Crippen LogP contribution is 2.19. The SMILES string of the molecule is CCCCCCCC/C=C\CCCCCCCC(=O)OCCCCCCCCCCCCCC/C=C\CCCCCCCCCCC(=O)NC(CO)C(O)CCCCCCCCCCCCCCCCCCCCCCC. The number of unbranched alkanes of at least 4 members (excludes halogenated alkanes) is 51. The zero-order valence-corrected chi connectivity index (χ0v) is 52.2. The molecule has 0 bridgehead atoms. The number of carbonyl (C=O) groups excluding carboxylic acids is 2. The lowest BCUT2D eigenvalue weighted by Gasteiger charge is -2.22. The van der Waals surface area contributed by atoms with Crippen molar-refractivity contribution in [3.63, 3.8) is 0 Å². The molecule has 0 heterocycles. The quantitative estimate of drug-likeness (QED) is 0.0320. The lowest BCUT2D eigenvalue weighted by Crippen LogP contribution is -2.45. The first-order chi connectivity index (χ1) is 38.0. The number of carbonyl (C=O) groups is 2. The third kappa shape index (κ3) is 63.4. The number of aliphatic hydroxyl groups is 2. The van der Waals surface area contributed by atoms with Gasteiger partial charge in [-0.3, -0.25) is 9.59 Å². The van der Waals surface area contributed by atoms with Gasteiger partial charge in [0.05, 0.1) is 25.4 Å². The van der Waals surface area contributed by atoms with Crippen molar-refractivity contribution in [1.82, 2.24) is 5.32 Å². The molecule has 6 nitrogen and oxygen atoms in total. The Bertz CT molecular complexity index is 1200. The molecule has 0 aliphatic carbocycles. The van der Waals surface area contributed by atoms with Crippen LogP contribution in [0.3, 0.4) is 0 Å². The Hall–Kier alpha value is -1.66. The predicted octanol–water partition coefficient (Wildman–Crippen LogP) is 22.5. The summed E-state index contributed by atoms with van der Waals surface area (Å²) in [6.07, 6.45) is 83.6. The highest BCUT2D eigenvalue weighted by Gasteiger charge is 2.20. The lowest BCUT2D eigenvalue weighted by atomic mass is 10.0. The van der Waals surface area contributed by atoms with Crippen LogP contribution in [0.5, 0.6) is 0 Å². The van der Waals surface area contributed by atoms with E-state index in [1.54, 1.807) is 0 Å². The van der Waals surface area contributed by atoms with E-state index in [9.17, 15) is 19.8 Å². The monoisotopic (exact) mass is 1080 g/mol. The van der Waals surface area contributed by atoms with E-state index in [4.69, 9.17) is 4.74 Å². The third-order valence-electron chi connectivity index (χ3n) is 16.5. The summed E-state index contributed by atoms with van der Waals surface area (Å²) >= 11 is 0. The normalized spacial score (nSPS) is 12.6. The van der Waals surface area contributed by atoms with Gasteiger partial charge in [0.2, 0.25) is 5.91 Å². The second-order valence-corrected chi connectivity index (χ2v) is 24.2. The first-order valence-electron chi connectivity index (χ1n) is 35.1. The van der Waals surface area contributed by atoms with E-state index < -0.39 is 12.1 Å². The Morgan fingerprint density at radius 1 is 0.351 bits per heavy atom. The molecule has 1 amide bonds. The fourth-order valence-electron chi connectivity index (χ4n) is 11.1. The second kappa shape index (κ2) is 66.8. The van der Waals surface area contributed by atoms with Gasteiger partial charge in [-0.2, -0.15) is 0 Å². The molecule has 0 aliphatic heterocycles. The molecule has 0 aliphatic rings. The third-order valence-corrected chi connectivity index (χ3v) is 16.5. The first-order valence-corrected chi connectivity index (χ1v) is 35.1. The molecule has 2 unspecified atom stereocenters. The Morgan fingerprint density at radius 3 is 0.922 bits per heavy atom. The van der Waals surface area contributed by atoms with Gasteiger partial charge in [0.15, 0.2) is 0 Å². The Kier molecular flexibility index (Phi) is 65.4. The fraction of sp³-hybridized carbons (Fsp3) is 0.915. The van der Waals surface area contributed by atoms with Crippen molar-refractivity contribution in [3.8, 4) is 0 Å². The number of ether oxygens (including phenoxy) is 1. The summed E-state index contributed by atoms with van der Waals surface area (Å²) in [6, 6.07) is -0.546. The Balaban J connectivity index is 3.40. The zero-order chi connectivity index (χ0) is 55.7. The number of hydrogen-bond acceptors (Lipinski definition) is 5. The van der Waals surface area contributed by atoms with Gasteiger partial charge >= 0.3 is 5.97 Å². The van der Waals surface area contributed by atoms with Crippen molar-refractivity contribution in [3.05, 3.63) is 24.3 Å². The van der Waals surface area contributed by atoms with Gasteiger partial charge in [-0.25, -0.2) is 0 Å². The van der Waals surface area contributed by atoms with Crippen LogP contribution in [0.2, 0.25) is 0 Å². The minimum atomic E-state index is -0.668. The molecule has 2 atom stereocenters. The summed E-state index contributed by atoms with van der Waals surface area (Å²) in [4.78, 5) is 24.6. The van der Waals surface area contributed by atoms with Crippen molar-refractivity contribution in [1.29, 1.82) is 0 Å². The van der Waals surface area contributed by atoms with Crippen LogP contribution in [0.15, 0.2) is 24.3 Å². The van der Waals surface area contributed by atoms with Gasteiger partial charge in [0.25, 0.3) is 0 Å². The standard InChI is InChI=1S/C71H137NO5/c1-3-5-7-9-11-13-15-17-19-20-21-26-29-32-36-39-43-47-51-55-59-63-69(74)68(67-73)72-70(75)64-60-56-52-48-44-40-37-33-30-27-24-22-23-25-28-31-34-38-42-46-50-54-58-62-66-77-71(76)65-61-57-53-49-45-41-35-18-16-14-12-10-8-6-4-2/h18,24,27,35,68-69,73-74H,3-17,19-23,25-26,28-34,36-67H2,1-2H3,(H,72,75)/b27-24-,35-18-. The highest BCUT2D eigenvalue weighted by molar-refractivity contribution is 5.76. The predicted molar refractivity (Wildman–Crippen MR) is 338 cm³/mol. The van der Waals surface area contributed by atoms with Gasteiger partial charge in [-0.1, -0.05) is 327 Å². The molecule has 0 spiro atoms. The van der Waals surface area contributed by atoms with E-state index in [1.165, 1.54) is 315 Å². The molecule has 6 heteroatoms. The van der Waals surface area contributed by atoms with E-state index in [-0.39, 0.29) is 18.5 Å². The lowest BCUT2D eigenvalue weighted by molar-refractivity contribution is -0.143. The first kappa shape index (κ1) is 75.3. The van der Waals surface area contributed by atoms with Crippen molar-refractivity contribution >= 4 is 11.9 Å². The highest BCUT2D eigenvalue weighted by atomic mass is 16.5. The van der Waals surface area contributed by atoms with E-state index >= 15 is 0 Å². The van der Waals surface area contributed by atoms with Gasteiger partial charge < -0.3 is 20.3 Å². The van der Waals surface area contributed by atoms with Crippen LogP contribution in [0, 0.1) is 0 Å². The number of aliphatic hydroxyl groups excluding tert-OH is 2. The molecule has 0 saturated heterocycles. The van der Waals surface area contributed by atoms with Crippen LogP contribution in [0.25, 0.3) is 0 Å². The van der Waals surface area contributed by atoms with Crippen LogP contribution in [-0.4, -0.2) is 47.4 Å². The number of esters is 1. The van der Waals surface area contributed by atoms with E-state index in [1.807, 2.05) is 0 Å². The van der Waals surface area contributed by atoms with Crippen molar-refractivity contribution in [2.24, 2.45) is 0 Å². The van der Waals surface area contributed by atoms with Crippen LogP contribution in [0.4, 0.5) is 0 Å². The molecule has 0 aromatic heterocycles. The average Bonchev–Trinajstić information content (AvgIpc) is 3.43. The Labute approximate surface area is 481 Å². The number of rotatable bonds is 66. The molecule has 456 valence electrons. The zero-order valence-electron chi connectivity index (χ0n) is 52.2. The number of nitrogens with one attached hydrogen (secondary N) is 1. The van der Waals surface area contributed by atoms with Crippen LogP contribution in [0.1, 0.15) is 393 Å². The molecule has 77 heavy (non-hydrogen) atoms. The van der Waals surface area contributed by atoms with E-state index in [0.717, 1.165) is 44.9 Å². The summed E-state index contributed by atoms with van der Waals surface area (Å²) in [7, 11) is 0. The molecule has 0 rings (SSSR count). The van der Waals surface area contributed by atoms with Crippen molar-refractivity contribution in [2.45, 2.75) is 405 Å². The molecule has 3 N–H and O–H groups in total. The van der Waals surface area contributed by atoms with Crippen LogP contribution < -0.4 is 5.32 Å². The molecular formula is C71H137NO5. The molecule has 0 radical (unpaired) electrons. The summed E-state index contributed by atoms with van der Waals surface area (Å²) < 4.78 is 5.49. The van der Waals surface area contributed by atoms with Crippen LogP contribution >= 0.6 is 0 Å². The number of hydrogen-bond donors (Lipinski definition) is 3. The molecule has 0 aromatic rings. The molecule has 0 aromatic carbocycles. The molecular weight excluding hydrogens is 947 g/mol. The maximum Gasteiger partial charge on any atom is 0.305 e. The fourth-order valence-corrected chi connectivity index (χ4v) is 11.1. The number of amides is 1. The summed E-state index contributed by atoms with van der Waals surface area (Å²) in [5.41, 5.74) is 0. The smallest absolute Gasteiger partial charge is 0.305 e. The van der Waals surface area contributed by atoms with Gasteiger partial charge in [0.1, 0.15) is 0 Å². The summed E-state index contributed by atoms with van der Waals surface area (Å²) in [6.45, 7) is 4.98. The molecule has 0 fully saturated rings. The maximum atomic E-state index is 12.5.